The summed E-state index contributed by atoms with van der Waals surface area (Å²) in [7, 11) is -3.93. The number of carbonyl (C=O) groups is 1. The normalized spacial score (nSPS) is 18.5. The summed E-state index contributed by atoms with van der Waals surface area (Å²) in [6.45, 7) is 12.2. The Morgan fingerprint density at radius 3 is 2.49 bits per heavy atom. The molecule has 0 saturated carbocycles. The van der Waals surface area contributed by atoms with Gasteiger partial charge < -0.3 is 14.4 Å². The van der Waals surface area contributed by atoms with E-state index in [9.17, 15) is 18.5 Å². The molecule has 0 unspecified atom stereocenters. The van der Waals surface area contributed by atoms with Crippen LogP contribution in [-0.2, 0) is 26.6 Å². The number of allylic oxidation sites excluding steroid dienone is 2. The van der Waals surface area contributed by atoms with Crippen LogP contribution < -0.4 is 4.74 Å². The summed E-state index contributed by atoms with van der Waals surface area (Å²) in [5.41, 5.74) is 4.55. The second kappa shape index (κ2) is 10.5. The first-order valence-electron chi connectivity index (χ1n) is 13.6. The smallest absolute Gasteiger partial charge is 0.246 e. The number of nitrogens with zero attached hydrogens (tertiary/aromatic N) is 3. The summed E-state index contributed by atoms with van der Waals surface area (Å²) < 4.78 is 40.8. The lowest BCUT2D eigenvalue weighted by molar-refractivity contribution is 0.0729. The standard InChI is InChI=1S/C30H35N3O5S/c1-5-32(6-2)9-14-38-26-18-24-23(17-27(26)39(35,36)33-10-12-37-13-11-33)29(34)28-22-8-7-20(19-31)15-21(22)16-25(28)30(24,3)4/h7-8,15,17-18H,5-6,9-14,16H2,1-4H3. The van der Waals surface area contributed by atoms with Crippen molar-refractivity contribution in [1.29, 1.82) is 5.26 Å². The summed E-state index contributed by atoms with van der Waals surface area (Å²) in [4.78, 5) is 16.3. The highest BCUT2D eigenvalue weighted by atomic mass is 32.2. The highest BCUT2D eigenvalue weighted by Gasteiger charge is 2.44. The van der Waals surface area contributed by atoms with Crippen LogP contribution in [0.25, 0.3) is 5.57 Å². The minimum absolute atomic E-state index is 0.0222. The number of fused-ring (bicyclic) bond motifs is 3. The van der Waals surface area contributed by atoms with Crippen molar-refractivity contribution in [2.75, 3.05) is 52.5 Å². The predicted octanol–water partition coefficient (Wildman–Crippen LogP) is 3.78. The molecule has 1 fully saturated rings. The maximum absolute atomic E-state index is 14.1. The van der Waals surface area contributed by atoms with Crippen LogP contribution in [-0.4, -0.2) is 76.0 Å². The number of hydrogen-bond donors (Lipinski definition) is 0. The van der Waals surface area contributed by atoms with Crippen LogP contribution >= 0.6 is 0 Å². The topological polar surface area (TPSA) is 99.9 Å². The fourth-order valence-corrected chi connectivity index (χ4v) is 7.46. The van der Waals surface area contributed by atoms with E-state index in [4.69, 9.17) is 9.47 Å². The Kier molecular flexibility index (Phi) is 7.42. The molecule has 1 aliphatic heterocycles. The Labute approximate surface area is 230 Å². The van der Waals surface area contributed by atoms with Gasteiger partial charge in [0.1, 0.15) is 17.3 Å². The Balaban J connectivity index is 1.62. The molecule has 8 nitrogen and oxygen atoms in total. The minimum atomic E-state index is -3.93. The number of ether oxygens (including phenoxy) is 2. The lowest BCUT2D eigenvalue weighted by Crippen LogP contribution is -2.41. The number of ketones is 1. The van der Waals surface area contributed by atoms with Crippen molar-refractivity contribution in [3.05, 3.63) is 63.7 Å². The third-order valence-corrected chi connectivity index (χ3v) is 10.2. The largest absolute Gasteiger partial charge is 0.491 e. The molecular weight excluding hydrogens is 514 g/mol. The minimum Gasteiger partial charge on any atom is -0.491 e. The van der Waals surface area contributed by atoms with E-state index in [-0.39, 0.29) is 29.5 Å². The molecule has 39 heavy (non-hydrogen) atoms. The highest BCUT2D eigenvalue weighted by Crippen LogP contribution is 2.51. The van der Waals surface area contributed by atoms with Gasteiger partial charge in [0.15, 0.2) is 5.78 Å². The van der Waals surface area contributed by atoms with Gasteiger partial charge in [-0.1, -0.05) is 33.8 Å². The summed E-state index contributed by atoms with van der Waals surface area (Å²) in [6, 6.07) is 10.9. The van der Waals surface area contributed by atoms with Crippen molar-refractivity contribution in [3.63, 3.8) is 0 Å². The van der Waals surface area contributed by atoms with Gasteiger partial charge in [0.2, 0.25) is 10.0 Å². The highest BCUT2D eigenvalue weighted by molar-refractivity contribution is 7.89. The average Bonchev–Trinajstić information content (AvgIpc) is 3.34. The molecule has 2 aromatic carbocycles. The molecule has 0 amide bonds. The average molecular weight is 550 g/mol. The molecule has 2 aromatic rings. The van der Waals surface area contributed by atoms with Crippen LogP contribution in [0.3, 0.4) is 0 Å². The van der Waals surface area contributed by atoms with E-state index in [1.165, 1.54) is 10.4 Å². The van der Waals surface area contributed by atoms with Crippen LogP contribution in [0, 0.1) is 11.3 Å². The van der Waals surface area contributed by atoms with Gasteiger partial charge in [0, 0.05) is 36.2 Å². The Bertz CT molecular complexity index is 1490. The van der Waals surface area contributed by atoms with Gasteiger partial charge in [-0.15, -0.1) is 0 Å². The molecule has 0 bridgehead atoms. The van der Waals surface area contributed by atoms with Gasteiger partial charge in [0.25, 0.3) is 0 Å². The van der Waals surface area contributed by atoms with Crippen molar-refractivity contribution in [1.82, 2.24) is 9.21 Å². The van der Waals surface area contributed by atoms with Crippen molar-refractivity contribution in [2.24, 2.45) is 0 Å². The van der Waals surface area contributed by atoms with Gasteiger partial charge in [-0.25, -0.2) is 8.42 Å². The second-order valence-corrected chi connectivity index (χ2v) is 12.6. The maximum atomic E-state index is 14.1. The first-order valence-corrected chi connectivity index (χ1v) is 15.0. The fraction of sp³-hybridized carbons (Fsp3) is 0.467. The molecule has 1 heterocycles. The summed E-state index contributed by atoms with van der Waals surface area (Å²) >= 11 is 0. The quantitative estimate of drug-likeness (QED) is 0.494. The monoisotopic (exact) mass is 549 g/mol. The van der Waals surface area contributed by atoms with Gasteiger partial charge in [0.05, 0.1) is 24.8 Å². The molecule has 0 aromatic heterocycles. The first kappa shape index (κ1) is 27.5. The zero-order valence-electron chi connectivity index (χ0n) is 23.0. The van der Waals surface area contributed by atoms with Crippen molar-refractivity contribution in [2.45, 2.75) is 44.4 Å². The molecule has 0 spiro atoms. The van der Waals surface area contributed by atoms with E-state index in [0.717, 1.165) is 35.4 Å². The molecule has 2 aliphatic carbocycles. The molecule has 3 aliphatic rings. The van der Waals surface area contributed by atoms with Crippen LogP contribution in [0.2, 0.25) is 0 Å². The molecule has 5 rings (SSSR count). The lowest BCUT2D eigenvalue weighted by atomic mass is 9.68. The van der Waals surface area contributed by atoms with Gasteiger partial charge in [-0.2, -0.15) is 9.57 Å². The number of morpholine rings is 1. The molecular formula is C30H35N3O5S. The van der Waals surface area contributed by atoms with E-state index in [1.807, 2.05) is 12.1 Å². The molecule has 1 saturated heterocycles. The van der Waals surface area contributed by atoms with Crippen molar-refractivity contribution in [3.8, 4) is 11.8 Å². The summed E-state index contributed by atoms with van der Waals surface area (Å²) in [5.74, 6) is 0.0931. The Morgan fingerprint density at radius 1 is 1.10 bits per heavy atom. The van der Waals surface area contributed by atoms with Crippen LogP contribution in [0.1, 0.15) is 60.3 Å². The molecule has 0 atom stereocenters. The van der Waals surface area contributed by atoms with E-state index >= 15 is 0 Å². The van der Waals surface area contributed by atoms with Crippen LogP contribution in [0.5, 0.6) is 5.75 Å². The Hall–Kier alpha value is -3.03. The zero-order chi connectivity index (χ0) is 27.9. The SMILES string of the molecule is CCN(CC)CCOc1cc2c(cc1S(=O)(=O)N1CCOCC1)C(=O)C1=C(Cc3cc(C#N)ccc31)C2(C)C. The number of benzene rings is 2. The maximum Gasteiger partial charge on any atom is 0.246 e. The van der Waals surface area contributed by atoms with Crippen molar-refractivity contribution < 1.29 is 22.7 Å². The fourth-order valence-electron chi connectivity index (χ4n) is 5.91. The van der Waals surface area contributed by atoms with Gasteiger partial charge >= 0.3 is 0 Å². The Morgan fingerprint density at radius 2 is 1.82 bits per heavy atom. The molecule has 206 valence electrons. The molecule has 0 radical (unpaired) electrons. The summed E-state index contributed by atoms with van der Waals surface area (Å²) in [5, 5.41) is 9.39. The first-order chi connectivity index (χ1) is 18.6. The lowest BCUT2D eigenvalue weighted by Gasteiger charge is -2.35. The number of Topliss-reactive ketones (excluding diaryl/α,β-unsaturated/α-hetero) is 1. The second-order valence-electron chi connectivity index (χ2n) is 10.7. The van der Waals surface area contributed by atoms with E-state index < -0.39 is 15.4 Å². The number of nitriles is 1. The molecule has 9 heteroatoms. The van der Waals surface area contributed by atoms with E-state index in [2.05, 4.69) is 38.7 Å². The zero-order valence-corrected chi connectivity index (χ0v) is 23.9. The van der Waals surface area contributed by atoms with Gasteiger partial charge in [-0.3, -0.25) is 4.79 Å². The van der Waals surface area contributed by atoms with Gasteiger partial charge in [-0.05, 0) is 66.0 Å². The molecule has 0 N–H and O–H groups in total. The number of hydrogen-bond acceptors (Lipinski definition) is 7. The number of likely N-dealkylation sites (N-methyl/N-ethyl adjacent to an activating group) is 1. The van der Waals surface area contributed by atoms with Crippen LogP contribution in [0.15, 0.2) is 40.8 Å². The number of rotatable bonds is 8. The third-order valence-electron chi connectivity index (χ3n) is 8.30. The number of carbonyl (C=O) groups excluding carboxylic acids is 1. The third kappa shape index (κ3) is 4.70. The number of sulfonamides is 1. The van der Waals surface area contributed by atoms with Crippen LogP contribution in [0.4, 0.5) is 0 Å². The van der Waals surface area contributed by atoms with Crippen molar-refractivity contribution >= 4 is 21.4 Å². The van der Waals surface area contributed by atoms with E-state index in [1.54, 1.807) is 12.1 Å². The summed E-state index contributed by atoms with van der Waals surface area (Å²) in [6.07, 6.45) is 0.574. The predicted molar refractivity (Wildman–Crippen MR) is 148 cm³/mol. The van der Waals surface area contributed by atoms with E-state index in [0.29, 0.717) is 49.5 Å².